The number of para-hydroxylation sites is 1. The highest BCUT2D eigenvalue weighted by atomic mass is 32.1. The Morgan fingerprint density at radius 2 is 2.15 bits per heavy atom. The highest BCUT2D eigenvalue weighted by molar-refractivity contribution is 7.15. The van der Waals surface area contributed by atoms with Crippen LogP contribution in [0.3, 0.4) is 0 Å². The number of nitrogens with zero attached hydrogens (tertiary/aromatic N) is 3. The number of amides is 1. The molecule has 0 bridgehead atoms. The largest absolute Gasteiger partial charge is 0.325 e. The first-order valence-corrected chi connectivity index (χ1v) is 9.25. The molecule has 1 aliphatic carbocycles. The molecule has 0 spiro atoms. The zero-order chi connectivity index (χ0) is 17.9. The number of aromatic nitrogens is 2. The molecular formula is C20H16N4OS. The van der Waals surface area contributed by atoms with Gasteiger partial charge in [-0.2, -0.15) is 5.26 Å². The molecule has 26 heavy (non-hydrogen) atoms. The van der Waals surface area contributed by atoms with E-state index in [2.05, 4.69) is 16.4 Å². The van der Waals surface area contributed by atoms with Gasteiger partial charge in [-0.3, -0.25) is 9.78 Å². The van der Waals surface area contributed by atoms with E-state index >= 15 is 0 Å². The summed E-state index contributed by atoms with van der Waals surface area (Å²) in [6, 6.07) is 13.1. The number of aryl methyl sites for hydroxylation is 1. The fourth-order valence-corrected chi connectivity index (χ4v) is 4.31. The molecule has 1 aromatic carbocycles. The Hall–Kier alpha value is -3.04. The molecule has 0 saturated heterocycles. The van der Waals surface area contributed by atoms with Gasteiger partial charge in [0.15, 0.2) is 0 Å². The third-order valence-electron chi connectivity index (χ3n) is 4.52. The fourth-order valence-electron chi connectivity index (χ4n) is 3.14. The SMILES string of the molecule is N#Cc1ccccc1NC(=O)C1CCc2nc(-c3cccnc3)sc2C1. The molecule has 128 valence electrons. The molecular weight excluding hydrogens is 344 g/mol. The molecule has 1 unspecified atom stereocenters. The quantitative estimate of drug-likeness (QED) is 0.770. The summed E-state index contributed by atoms with van der Waals surface area (Å²) in [6.45, 7) is 0. The Morgan fingerprint density at radius 1 is 1.27 bits per heavy atom. The standard InChI is InChI=1S/C20H16N4OS/c21-11-14-4-1-2-6-16(14)23-19(25)13-7-8-17-18(10-13)26-20(24-17)15-5-3-9-22-12-15/h1-6,9,12-13H,7-8,10H2,(H,23,25). The second-order valence-electron chi connectivity index (χ2n) is 6.22. The fraction of sp³-hybridized carbons (Fsp3) is 0.200. The molecule has 0 radical (unpaired) electrons. The van der Waals surface area contributed by atoms with E-state index in [-0.39, 0.29) is 11.8 Å². The van der Waals surface area contributed by atoms with Crippen LogP contribution in [-0.2, 0) is 17.6 Å². The van der Waals surface area contributed by atoms with E-state index in [4.69, 9.17) is 10.2 Å². The smallest absolute Gasteiger partial charge is 0.227 e. The van der Waals surface area contributed by atoms with Crippen LogP contribution in [0, 0.1) is 17.2 Å². The van der Waals surface area contributed by atoms with Crippen molar-refractivity contribution in [3.63, 3.8) is 0 Å². The number of rotatable bonds is 3. The molecule has 4 rings (SSSR count). The third kappa shape index (κ3) is 3.22. The van der Waals surface area contributed by atoms with E-state index in [0.717, 1.165) is 29.1 Å². The summed E-state index contributed by atoms with van der Waals surface area (Å²) in [5.41, 5.74) is 3.16. The summed E-state index contributed by atoms with van der Waals surface area (Å²) in [5.74, 6) is -0.133. The van der Waals surface area contributed by atoms with E-state index in [0.29, 0.717) is 17.7 Å². The molecule has 1 amide bonds. The van der Waals surface area contributed by atoms with Gasteiger partial charge in [0.05, 0.1) is 16.9 Å². The second kappa shape index (κ2) is 7.06. The number of anilines is 1. The Labute approximate surface area is 155 Å². The minimum Gasteiger partial charge on any atom is -0.325 e. The van der Waals surface area contributed by atoms with Crippen molar-refractivity contribution in [2.45, 2.75) is 19.3 Å². The zero-order valence-corrected chi connectivity index (χ0v) is 14.8. The molecule has 0 saturated carbocycles. The summed E-state index contributed by atoms with van der Waals surface area (Å²) in [5, 5.41) is 13.0. The molecule has 6 heteroatoms. The van der Waals surface area contributed by atoms with Gasteiger partial charge in [0.1, 0.15) is 11.1 Å². The molecule has 3 aromatic rings. The summed E-state index contributed by atoms with van der Waals surface area (Å²) >= 11 is 1.64. The third-order valence-corrected chi connectivity index (χ3v) is 5.69. The maximum atomic E-state index is 12.7. The lowest BCUT2D eigenvalue weighted by atomic mass is 9.90. The predicted octanol–water partition coefficient (Wildman–Crippen LogP) is 3.82. The van der Waals surface area contributed by atoms with E-state index in [1.807, 2.05) is 24.4 Å². The normalized spacial score (nSPS) is 15.7. The molecule has 0 aliphatic heterocycles. The lowest BCUT2D eigenvalue weighted by Crippen LogP contribution is -2.28. The van der Waals surface area contributed by atoms with Crippen molar-refractivity contribution < 1.29 is 4.79 Å². The number of hydrogen-bond acceptors (Lipinski definition) is 5. The minimum absolute atomic E-state index is 0.0327. The van der Waals surface area contributed by atoms with Crippen molar-refractivity contribution in [2.75, 3.05) is 5.32 Å². The number of benzene rings is 1. The Balaban J connectivity index is 1.51. The number of nitrogens with one attached hydrogen (secondary N) is 1. The van der Waals surface area contributed by atoms with Gasteiger partial charge >= 0.3 is 0 Å². The van der Waals surface area contributed by atoms with Crippen LogP contribution >= 0.6 is 11.3 Å². The number of nitriles is 1. The van der Waals surface area contributed by atoms with Crippen molar-refractivity contribution in [1.82, 2.24) is 9.97 Å². The summed E-state index contributed by atoms with van der Waals surface area (Å²) in [7, 11) is 0. The van der Waals surface area contributed by atoms with Crippen LogP contribution < -0.4 is 5.32 Å². The van der Waals surface area contributed by atoms with Crippen molar-refractivity contribution in [1.29, 1.82) is 5.26 Å². The molecule has 1 aliphatic rings. The average molecular weight is 360 g/mol. The van der Waals surface area contributed by atoms with Gasteiger partial charge in [0.2, 0.25) is 5.91 Å². The number of carbonyl (C=O) groups excluding carboxylic acids is 1. The van der Waals surface area contributed by atoms with Crippen molar-refractivity contribution in [2.24, 2.45) is 5.92 Å². The molecule has 1 atom stereocenters. The number of fused-ring (bicyclic) bond motifs is 1. The first kappa shape index (κ1) is 16.4. The van der Waals surface area contributed by atoms with Crippen LogP contribution in [0.4, 0.5) is 5.69 Å². The maximum absolute atomic E-state index is 12.7. The van der Waals surface area contributed by atoms with Crippen LogP contribution in [0.1, 0.15) is 22.6 Å². The van der Waals surface area contributed by atoms with Gasteiger partial charge in [0.25, 0.3) is 0 Å². The summed E-state index contributed by atoms with van der Waals surface area (Å²) in [4.78, 5) is 22.7. The summed E-state index contributed by atoms with van der Waals surface area (Å²) in [6.07, 6.45) is 5.81. The van der Waals surface area contributed by atoms with Crippen LogP contribution in [-0.4, -0.2) is 15.9 Å². The van der Waals surface area contributed by atoms with Crippen LogP contribution in [0.2, 0.25) is 0 Å². The summed E-state index contributed by atoms with van der Waals surface area (Å²) < 4.78 is 0. The second-order valence-corrected chi connectivity index (χ2v) is 7.30. The Bertz CT molecular complexity index is 991. The van der Waals surface area contributed by atoms with E-state index < -0.39 is 0 Å². The molecule has 1 N–H and O–H groups in total. The maximum Gasteiger partial charge on any atom is 0.227 e. The first-order valence-electron chi connectivity index (χ1n) is 8.43. The Morgan fingerprint density at radius 3 is 2.96 bits per heavy atom. The van der Waals surface area contributed by atoms with Crippen LogP contribution in [0.25, 0.3) is 10.6 Å². The zero-order valence-electron chi connectivity index (χ0n) is 14.0. The average Bonchev–Trinajstić information content (AvgIpc) is 3.12. The minimum atomic E-state index is -0.101. The monoisotopic (exact) mass is 360 g/mol. The van der Waals surface area contributed by atoms with Gasteiger partial charge in [-0.25, -0.2) is 4.98 Å². The van der Waals surface area contributed by atoms with Gasteiger partial charge in [0, 0.05) is 28.8 Å². The van der Waals surface area contributed by atoms with E-state index in [1.54, 1.807) is 35.7 Å². The lowest BCUT2D eigenvalue weighted by molar-refractivity contribution is -0.120. The van der Waals surface area contributed by atoms with Gasteiger partial charge in [-0.15, -0.1) is 11.3 Å². The predicted molar refractivity (Wildman–Crippen MR) is 101 cm³/mol. The molecule has 2 heterocycles. The molecule has 5 nitrogen and oxygen atoms in total. The first-order chi connectivity index (χ1) is 12.7. The molecule has 0 fully saturated rings. The van der Waals surface area contributed by atoms with Gasteiger partial charge in [-0.05, 0) is 43.5 Å². The van der Waals surface area contributed by atoms with Crippen molar-refractivity contribution in [3.8, 4) is 16.6 Å². The van der Waals surface area contributed by atoms with Crippen LogP contribution in [0.15, 0.2) is 48.8 Å². The van der Waals surface area contributed by atoms with E-state index in [9.17, 15) is 4.79 Å². The topological polar surface area (TPSA) is 78.7 Å². The Kier molecular flexibility index (Phi) is 4.46. The van der Waals surface area contributed by atoms with Crippen LogP contribution in [0.5, 0.6) is 0 Å². The van der Waals surface area contributed by atoms with Crippen molar-refractivity contribution >= 4 is 22.9 Å². The number of hydrogen-bond donors (Lipinski definition) is 1. The molecule has 2 aromatic heterocycles. The van der Waals surface area contributed by atoms with Crippen molar-refractivity contribution in [3.05, 3.63) is 64.9 Å². The van der Waals surface area contributed by atoms with E-state index in [1.165, 1.54) is 4.88 Å². The van der Waals surface area contributed by atoms with Gasteiger partial charge in [-0.1, -0.05) is 12.1 Å². The highest BCUT2D eigenvalue weighted by Crippen LogP contribution is 2.34. The number of carbonyl (C=O) groups is 1. The lowest BCUT2D eigenvalue weighted by Gasteiger charge is -2.20. The number of thiazole rings is 1. The van der Waals surface area contributed by atoms with Gasteiger partial charge < -0.3 is 5.32 Å². The number of pyridine rings is 1. The highest BCUT2D eigenvalue weighted by Gasteiger charge is 2.28.